The number of carbonyl (C=O) groups is 1. The van der Waals surface area contributed by atoms with Gasteiger partial charge in [0.15, 0.2) is 0 Å². The minimum absolute atomic E-state index is 0.553. The average molecular weight is 181 g/mol. The number of hydrogen-bond donors (Lipinski definition) is 1. The fourth-order valence-corrected chi connectivity index (χ4v) is 0.837. The number of anilines is 1. The van der Waals surface area contributed by atoms with Crippen molar-refractivity contribution in [3.05, 3.63) is 18.6 Å². The molecular formula is C8H11N3O2. The summed E-state index contributed by atoms with van der Waals surface area (Å²) in [6.07, 6.45) is 4.60. The summed E-state index contributed by atoms with van der Waals surface area (Å²) < 4.78 is 0. The molecule has 70 valence electrons. The normalized spacial score (nSPS) is 12.2. The highest BCUT2D eigenvalue weighted by Crippen LogP contribution is 2.08. The summed E-state index contributed by atoms with van der Waals surface area (Å²) in [5.74, 6) is -0.328. The molecule has 1 aromatic heterocycles. The summed E-state index contributed by atoms with van der Waals surface area (Å²) in [6.45, 7) is 1.59. The van der Waals surface area contributed by atoms with E-state index in [4.69, 9.17) is 5.11 Å². The van der Waals surface area contributed by atoms with Gasteiger partial charge in [-0.25, -0.2) is 9.78 Å². The SMILES string of the molecule is CC(C(=O)O)N(C)c1cnccn1. The van der Waals surface area contributed by atoms with Gasteiger partial charge >= 0.3 is 5.97 Å². The van der Waals surface area contributed by atoms with Gasteiger partial charge in [0.1, 0.15) is 11.9 Å². The zero-order valence-electron chi connectivity index (χ0n) is 7.51. The van der Waals surface area contributed by atoms with E-state index in [9.17, 15) is 4.79 Å². The lowest BCUT2D eigenvalue weighted by atomic mass is 10.3. The van der Waals surface area contributed by atoms with Crippen molar-refractivity contribution in [3.63, 3.8) is 0 Å². The molecule has 1 unspecified atom stereocenters. The van der Waals surface area contributed by atoms with E-state index in [0.717, 1.165) is 0 Å². The molecule has 0 fully saturated rings. The van der Waals surface area contributed by atoms with Crippen molar-refractivity contribution >= 4 is 11.8 Å². The molecule has 1 heterocycles. The molecule has 13 heavy (non-hydrogen) atoms. The minimum Gasteiger partial charge on any atom is -0.480 e. The van der Waals surface area contributed by atoms with E-state index >= 15 is 0 Å². The van der Waals surface area contributed by atoms with Crippen LogP contribution >= 0.6 is 0 Å². The lowest BCUT2D eigenvalue weighted by Crippen LogP contribution is -2.36. The number of carboxylic acids is 1. The Kier molecular flexibility index (Phi) is 2.79. The number of nitrogens with zero attached hydrogens (tertiary/aromatic N) is 3. The Morgan fingerprint density at radius 3 is 2.77 bits per heavy atom. The summed E-state index contributed by atoms with van der Waals surface area (Å²) in [5.41, 5.74) is 0. The van der Waals surface area contributed by atoms with Gasteiger partial charge in [0.2, 0.25) is 0 Å². The van der Waals surface area contributed by atoms with E-state index in [1.165, 1.54) is 12.4 Å². The third-order valence-electron chi connectivity index (χ3n) is 1.85. The molecule has 5 heteroatoms. The first-order valence-electron chi connectivity index (χ1n) is 3.84. The van der Waals surface area contributed by atoms with Crippen LogP contribution in [0.5, 0.6) is 0 Å². The van der Waals surface area contributed by atoms with Crippen LogP contribution < -0.4 is 4.90 Å². The van der Waals surface area contributed by atoms with E-state index in [0.29, 0.717) is 5.82 Å². The molecule has 1 atom stereocenters. The first kappa shape index (κ1) is 9.44. The summed E-state index contributed by atoms with van der Waals surface area (Å²) in [7, 11) is 1.67. The number of hydrogen-bond acceptors (Lipinski definition) is 4. The molecule has 1 aromatic rings. The monoisotopic (exact) mass is 181 g/mol. The first-order valence-corrected chi connectivity index (χ1v) is 3.84. The number of rotatable bonds is 3. The van der Waals surface area contributed by atoms with E-state index in [-0.39, 0.29) is 0 Å². The molecule has 0 bridgehead atoms. The molecule has 0 aliphatic heterocycles. The van der Waals surface area contributed by atoms with Crippen LogP contribution in [0, 0.1) is 0 Å². The maximum absolute atomic E-state index is 10.6. The molecule has 0 aliphatic rings. The quantitative estimate of drug-likeness (QED) is 0.730. The van der Waals surface area contributed by atoms with Crippen LogP contribution in [0.4, 0.5) is 5.82 Å². The minimum atomic E-state index is -0.881. The van der Waals surface area contributed by atoms with Gasteiger partial charge in [0.05, 0.1) is 6.20 Å². The summed E-state index contributed by atoms with van der Waals surface area (Å²) in [4.78, 5) is 20.0. The van der Waals surface area contributed by atoms with Crippen molar-refractivity contribution in [2.45, 2.75) is 13.0 Å². The highest BCUT2D eigenvalue weighted by atomic mass is 16.4. The first-order chi connectivity index (χ1) is 6.13. The highest BCUT2D eigenvalue weighted by Gasteiger charge is 2.17. The van der Waals surface area contributed by atoms with Gasteiger partial charge in [-0.3, -0.25) is 4.98 Å². The molecule has 0 saturated carbocycles. The van der Waals surface area contributed by atoms with Crippen molar-refractivity contribution in [2.75, 3.05) is 11.9 Å². The standard InChI is InChI=1S/C8H11N3O2/c1-6(8(12)13)11(2)7-5-9-3-4-10-7/h3-6H,1-2H3,(H,12,13). The van der Waals surface area contributed by atoms with Gasteiger partial charge in [0.25, 0.3) is 0 Å². The van der Waals surface area contributed by atoms with Gasteiger partial charge in [-0.05, 0) is 6.92 Å². The van der Waals surface area contributed by atoms with E-state index < -0.39 is 12.0 Å². The number of aromatic nitrogens is 2. The van der Waals surface area contributed by atoms with Gasteiger partial charge in [-0.2, -0.15) is 0 Å². The maximum atomic E-state index is 10.6. The van der Waals surface area contributed by atoms with Crippen LogP contribution in [-0.2, 0) is 4.79 Å². The zero-order chi connectivity index (χ0) is 9.84. The van der Waals surface area contributed by atoms with Gasteiger partial charge in [-0.1, -0.05) is 0 Å². The Balaban J connectivity index is 2.79. The van der Waals surface area contributed by atoms with Gasteiger partial charge in [0, 0.05) is 19.4 Å². The lowest BCUT2D eigenvalue weighted by Gasteiger charge is -2.21. The third-order valence-corrected chi connectivity index (χ3v) is 1.85. The zero-order valence-corrected chi connectivity index (χ0v) is 7.51. The lowest BCUT2D eigenvalue weighted by molar-refractivity contribution is -0.138. The number of aliphatic carboxylic acids is 1. The topological polar surface area (TPSA) is 66.3 Å². The van der Waals surface area contributed by atoms with Crippen LogP contribution in [0.3, 0.4) is 0 Å². The predicted octanol–water partition coefficient (Wildman–Crippen LogP) is 0.386. The van der Waals surface area contributed by atoms with Gasteiger partial charge < -0.3 is 10.0 Å². The van der Waals surface area contributed by atoms with Crippen molar-refractivity contribution < 1.29 is 9.90 Å². The molecular weight excluding hydrogens is 170 g/mol. The van der Waals surface area contributed by atoms with Crippen molar-refractivity contribution in [2.24, 2.45) is 0 Å². The van der Waals surface area contributed by atoms with Crippen LogP contribution in [-0.4, -0.2) is 34.1 Å². The molecule has 0 aliphatic carbocycles. The van der Waals surface area contributed by atoms with Crippen LogP contribution in [0.1, 0.15) is 6.92 Å². The van der Waals surface area contributed by atoms with Crippen molar-refractivity contribution in [1.29, 1.82) is 0 Å². The second-order valence-electron chi connectivity index (χ2n) is 2.69. The predicted molar refractivity (Wildman–Crippen MR) is 47.5 cm³/mol. The van der Waals surface area contributed by atoms with Crippen LogP contribution in [0.2, 0.25) is 0 Å². The van der Waals surface area contributed by atoms with Gasteiger partial charge in [-0.15, -0.1) is 0 Å². The Morgan fingerprint density at radius 2 is 2.31 bits per heavy atom. The summed E-state index contributed by atoms with van der Waals surface area (Å²) in [6, 6.07) is -0.600. The van der Waals surface area contributed by atoms with Crippen molar-refractivity contribution in [1.82, 2.24) is 9.97 Å². The number of carboxylic acid groups (broad SMARTS) is 1. The molecule has 0 saturated heterocycles. The van der Waals surface area contributed by atoms with E-state index in [2.05, 4.69) is 9.97 Å². The Morgan fingerprint density at radius 1 is 1.62 bits per heavy atom. The second kappa shape index (κ2) is 3.84. The smallest absolute Gasteiger partial charge is 0.326 e. The fraction of sp³-hybridized carbons (Fsp3) is 0.375. The number of likely N-dealkylation sites (N-methyl/N-ethyl adjacent to an activating group) is 1. The molecule has 0 radical (unpaired) electrons. The Labute approximate surface area is 76.0 Å². The molecule has 1 N–H and O–H groups in total. The summed E-state index contributed by atoms with van der Waals surface area (Å²) in [5, 5.41) is 8.72. The molecule has 0 amide bonds. The Bertz CT molecular complexity index is 289. The maximum Gasteiger partial charge on any atom is 0.326 e. The molecule has 1 rings (SSSR count). The van der Waals surface area contributed by atoms with E-state index in [1.807, 2.05) is 0 Å². The largest absolute Gasteiger partial charge is 0.480 e. The average Bonchev–Trinajstić information content (AvgIpc) is 2.17. The van der Waals surface area contributed by atoms with Crippen LogP contribution in [0.25, 0.3) is 0 Å². The summed E-state index contributed by atoms with van der Waals surface area (Å²) >= 11 is 0. The van der Waals surface area contributed by atoms with E-state index in [1.54, 1.807) is 25.1 Å². The Hall–Kier alpha value is -1.65. The molecule has 5 nitrogen and oxygen atoms in total. The molecule has 0 spiro atoms. The van der Waals surface area contributed by atoms with Crippen molar-refractivity contribution in [3.8, 4) is 0 Å². The van der Waals surface area contributed by atoms with Crippen LogP contribution in [0.15, 0.2) is 18.6 Å². The highest BCUT2D eigenvalue weighted by molar-refractivity contribution is 5.76. The second-order valence-corrected chi connectivity index (χ2v) is 2.69. The molecule has 0 aromatic carbocycles. The third kappa shape index (κ3) is 2.14. The fourth-order valence-electron chi connectivity index (χ4n) is 0.837.